The van der Waals surface area contributed by atoms with Gasteiger partial charge in [-0.1, -0.05) is 32.1 Å². The van der Waals surface area contributed by atoms with E-state index >= 15 is 0 Å². The first-order valence-electron chi connectivity index (χ1n) is 10.2. The van der Waals surface area contributed by atoms with Crippen molar-refractivity contribution < 1.29 is 29.3 Å². The first-order chi connectivity index (χ1) is 13.5. The topological polar surface area (TPSA) is 101 Å². The van der Waals surface area contributed by atoms with Crippen molar-refractivity contribution in [1.29, 1.82) is 0 Å². The molecule has 0 heterocycles. The Labute approximate surface area is 170 Å². The van der Waals surface area contributed by atoms with Crippen molar-refractivity contribution in [3.8, 4) is 0 Å². The van der Waals surface area contributed by atoms with E-state index in [1.165, 1.54) is 6.92 Å². The van der Waals surface area contributed by atoms with Gasteiger partial charge in [-0.05, 0) is 48.8 Å². The van der Waals surface area contributed by atoms with Gasteiger partial charge in [0.15, 0.2) is 12.4 Å². The van der Waals surface area contributed by atoms with Crippen molar-refractivity contribution in [2.24, 2.45) is 28.6 Å². The molecular weight excluding hydrogens is 372 g/mol. The smallest absolute Gasteiger partial charge is 0.303 e. The lowest BCUT2D eigenvalue weighted by molar-refractivity contribution is -0.175. The number of fused-ring (bicyclic) bond motifs is 5. The van der Waals surface area contributed by atoms with Gasteiger partial charge >= 0.3 is 5.97 Å². The van der Waals surface area contributed by atoms with Crippen molar-refractivity contribution in [3.63, 3.8) is 0 Å². The lowest BCUT2D eigenvalue weighted by atomic mass is 9.48. The summed E-state index contributed by atoms with van der Waals surface area (Å²) >= 11 is 0. The van der Waals surface area contributed by atoms with Crippen LogP contribution in [-0.4, -0.2) is 46.1 Å². The number of aliphatic hydroxyl groups excluding tert-OH is 1. The molecule has 0 unspecified atom stereocenters. The summed E-state index contributed by atoms with van der Waals surface area (Å²) < 4.78 is 4.86. The molecule has 2 fully saturated rings. The number of Topliss-reactive ketones (excluding diaryl/α,β-unsaturated/α-hetero) is 1. The third-order valence-electron chi connectivity index (χ3n) is 8.08. The summed E-state index contributed by atoms with van der Waals surface area (Å²) in [6, 6.07) is 0. The molecule has 0 spiro atoms. The number of esters is 1. The van der Waals surface area contributed by atoms with Crippen molar-refractivity contribution >= 4 is 17.5 Å². The molecule has 0 aromatic heterocycles. The van der Waals surface area contributed by atoms with Gasteiger partial charge in [-0.25, -0.2) is 0 Å². The Balaban J connectivity index is 1.70. The molecule has 0 radical (unpaired) electrons. The van der Waals surface area contributed by atoms with E-state index in [0.717, 1.165) is 5.57 Å². The van der Waals surface area contributed by atoms with E-state index < -0.39 is 40.9 Å². The second-order valence-corrected chi connectivity index (χ2v) is 9.48. The zero-order valence-electron chi connectivity index (χ0n) is 17.1. The van der Waals surface area contributed by atoms with Crippen LogP contribution in [0.25, 0.3) is 0 Å². The minimum Gasteiger partial charge on any atom is -0.458 e. The number of carbonyl (C=O) groups is 3. The Bertz CT molecular complexity index is 869. The molecular formula is C23H28O6. The van der Waals surface area contributed by atoms with Crippen LogP contribution in [0.5, 0.6) is 0 Å². The molecule has 6 heteroatoms. The predicted molar refractivity (Wildman–Crippen MR) is 105 cm³/mol. The molecule has 2 N–H and O–H groups in total. The Morgan fingerprint density at radius 3 is 2.69 bits per heavy atom. The molecule has 4 rings (SSSR count). The van der Waals surface area contributed by atoms with Gasteiger partial charge in [-0.15, -0.1) is 0 Å². The zero-order chi connectivity index (χ0) is 21.2. The number of carbonyl (C=O) groups excluding carboxylic acids is 3. The standard InChI is InChI=1S/C23H28O6/c1-13(24)29-12-19(27)23(28)9-7-17-16-5-4-14-10-15(25)6-8-21(14,2)20(16)18(26)11-22(17,23)3/h4-6,8,10,16-18,20,26,28H,7,9,11-12H2,1-3H3/t16-,17-,18+,20-,21+,22+,23+/m1/s1. The minimum atomic E-state index is -1.64. The zero-order valence-corrected chi connectivity index (χ0v) is 17.1. The summed E-state index contributed by atoms with van der Waals surface area (Å²) in [4.78, 5) is 35.8. The third-order valence-corrected chi connectivity index (χ3v) is 8.08. The Morgan fingerprint density at radius 1 is 1.28 bits per heavy atom. The fourth-order valence-corrected chi connectivity index (χ4v) is 6.53. The molecule has 0 aliphatic heterocycles. The van der Waals surface area contributed by atoms with Crippen LogP contribution < -0.4 is 0 Å². The summed E-state index contributed by atoms with van der Waals surface area (Å²) in [6.07, 6.45) is 9.54. The molecule has 0 aromatic rings. The number of hydrogen-bond acceptors (Lipinski definition) is 6. The first-order valence-corrected chi connectivity index (χ1v) is 10.2. The van der Waals surface area contributed by atoms with Crippen LogP contribution in [0.2, 0.25) is 0 Å². The van der Waals surface area contributed by atoms with E-state index in [4.69, 9.17) is 4.74 Å². The summed E-state index contributed by atoms with van der Waals surface area (Å²) in [5.74, 6) is -1.28. The van der Waals surface area contributed by atoms with Gasteiger partial charge < -0.3 is 14.9 Å². The maximum absolute atomic E-state index is 12.8. The highest BCUT2D eigenvalue weighted by Crippen LogP contribution is 2.65. The molecule has 4 aliphatic rings. The van der Waals surface area contributed by atoms with Gasteiger partial charge in [-0.3, -0.25) is 14.4 Å². The lowest BCUT2D eigenvalue weighted by Gasteiger charge is -2.57. The van der Waals surface area contributed by atoms with Crippen molar-refractivity contribution in [2.45, 2.75) is 51.7 Å². The van der Waals surface area contributed by atoms with E-state index in [2.05, 4.69) is 0 Å². The number of aliphatic hydroxyl groups is 2. The predicted octanol–water partition coefficient (Wildman–Crippen LogP) is 1.90. The molecule has 4 aliphatic carbocycles. The van der Waals surface area contributed by atoms with E-state index in [-0.39, 0.29) is 36.4 Å². The molecule has 0 saturated heterocycles. The van der Waals surface area contributed by atoms with Crippen molar-refractivity contribution in [2.75, 3.05) is 6.61 Å². The average Bonchev–Trinajstić information content (AvgIpc) is 2.91. The molecule has 0 bridgehead atoms. The van der Waals surface area contributed by atoms with E-state index in [0.29, 0.717) is 6.42 Å². The third kappa shape index (κ3) is 2.72. The number of hydrogen-bond donors (Lipinski definition) is 2. The molecule has 0 amide bonds. The van der Waals surface area contributed by atoms with Crippen LogP contribution in [-0.2, 0) is 19.1 Å². The monoisotopic (exact) mass is 400 g/mol. The minimum absolute atomic E-state index is 0.00262. The van der Waals surface area contributed by atoms with Crippen LogP contribution in [0.3, 0.4) is 0 Å². The second kappa shape index (κ2) is 6.47. The van der Waals surface area contributed by atoms with Crippen molar-refractivity contribution in [3.05, 3.63) is 36.0 Å². The Hall–Kier alpha value is -2.05. The van der Waals surface area contributed by atoms with Crippen LogP contribution in [0.15, 0.2) is 36.0 Å². The largest absolute Gasteiger partial charge is 0.458 e. The quantitative estimate of drug-likeness (QED) is 0.702. The molecule has 2 saturated carbocycles. The number of ketones is 2. The molecule has 29 heavy (non-hydrogen) atoms. The fraction of sp³-hybridized carbons (Fsp3) is 0.609. The lowest BCUT2D eigenvalue weighted by Crippen LogP contribution is -2.61. The normalized spacial score (nSPS) is 45.1. The maximum atomic E-state index is 12.8. The van der Waals surface area contributed by atoms with Gasteiger partial charge in [0.1, 0.15) is 5.60 Å². The van der Waals surface area contributed by atoms with Crippen LogP contribution in [0.4, 0.5) is 0 Å². The molecule has 6 nitrogen and oxygen atoms in total. The Morgan fingerprint density at radius 2 is 2.00 bits per heavy atom. The first kappa shape index (κ1) is 20.2. The second-order valence-electron chi connectivity index (χ2n) is 9.48. The van der Waals surface area contributed by atoms with E-state index in [1.807, 2.05) is 32.1 Å². The van der Waals surface area contributed by atoms with E-state index in [1.54, 1.807) is 12.2 Å². The fourth-order valence-electron chi connectivity index (χ4n) is 6.53. The summed E-state index contributed by atoms with van der Waals surface area (Å²) in [5.41, 5.74) is -2.02. The molecule has 156 valence electrons. The molecule has 0 aromatic carbocycles. The summed E-state index contributed by atoms with van der Waals surface area (Å²) in [6.45, 7) is 4.69. The van der Waals surface area contributed by atoms with Crippen LogP contribution in [0.1, 0.15) is 40.0 Å². The highest BCUT2D eigenvalue weighted by molar-refractivity contribution is 6.01. The van der Waals surface area contributed by atoms with Gasteiger partial charge in [0.25, 0.3) is 0 Å². The summed E-state index contributed by atoms with van der Waals surface area (Å²) in [7, 11) is 0. The van der Waals surface area contributed by atoms with Gasteiger partial charge in [0.2, 0.25) is 5.78 Å². The molecule has 7 atom stereocenters. The average molecular weight is 400 g/mol. The van der Waals surface area contributed by atoms with Crippen LogP contribution >= 0.6 is 0 Å². The number of rotatable bonds is 3. The van der Waals surface area contributed by atoms with Gasteiger partial charge in [0.05, 0.1) is 6.10 Å². The Kier molecular flexibility index (Phi) is 4.52. The van der Waals surface area contributed by atoms with Crippen LogP contribution in [0, 0.1) is 28.6 Å². The highest BCUT2D eigenvalue weighted by Gasteiger charge is 2.67. The maximum Gasteiger partial charge on any atom is 0.303 e. The van der Waals surface area contributed by atoms with Gasteiger partial charge in [0, 0.05) is 23.7 Å². The number of ether oxygens (including phenoxy) is 1. The van der Waals surface area contributed by atoms with Crippen molar-refractivity contribution in [1.82, 2.24) is 0 Å². The summed E-state index contributed by atoms with van der Waals surface area (Å²) in [5, 5.41) is 22.7. The number of allylic oxidation sites excluding steroid dienone is 6. The van der Waals surface area contributed by atoms with E-state index in [9.17, 15) is 24.6 Å². The highest BCUT2D eigenvalue weighted by atomic mass is 16.5. The SMILES string of the molecule is CC(=O)OCC(=O)[C@@]1(O)CC[C@@H]2[C@H]3C=CC4=CC(=O)C=C[C@]4(C)[C@H]3[C@@H](O)C[C@@]21C. The van der Waals surface area contributed by atoms with Gasteiger partial charge in [-0.2, -0.15) is 0 Å².